The second-order valence-corrected chi connectivity index (χ2v) is 4.96. The molecular formula is C16H15F4NO3. The molecule has 0 aliphatic rings. The molecule has 0 aliphatic carbocycles. The number of hydrogen-bond donors (Lipinski definition) is 1. The van der Waals surface area contributed by atoms with E-state index in [1.54, 1.807) is 0 Å². The fourth-order valence-corrected chi connectivity index (χ4v) is 1.86. The summed E-state index contributed by atoms with van der Waals surface area (Å²) in [6.07, 6.45) is 1.73. The predicted octanol–water partition coefficient (Wildman–Crippen LogP) is 3.94. The number of ether oxygens (including phenoxy) is 1. The van der Waals surface area contributed by atoms with Crippen molar-refractivity contribution >= 4 is 5.91 Å². The van der Waals surface area contributed by atoms with Gasteiger partial charge in [0.05, 0.1) is 0 Å². The Morgan fingerprint density at radius 2 is 1.83 bits per heavy atom. The molecule has 0 aliphatic heterocycles. The Labute approximate surface area is 135 Å². The van der Waals surface area contributed by atoms with E-state index in [4.69, 9.17) is 9.15 Å². The monoisotopic (exact) mass is 345 g/mol. The molecule has 4 nitrogen and oxygen atoms in total. The lowest BCUT2D eigenvalue weighted by atomic mass is 10.3. The molecule has 0 radical (unpaired) electrons. The number of nitrogens with one attached hydrogen (secondary N) is 1. The minimum Gasteiger partial charge on any atom is -0.479 e. The van der Waals surface area contributed by atoms with Crippen molar-refractivity contribution in [1.82, 2.24) is 5.32 Å². The predicted molar refractivity (Wildman–Crippen MR) is 76.6 cm³/mol. The fourth-order valence-electron chi connectivity index (χ4n) is 1.86. The Kier molecular flexibility index (Phi) is 5.83. The standard InChI is InChI=1S/C16H15F4NO3/c1-2-3-6-21-16(22)12-5-4-9(24-12)8-23-15-13(19)10(17)7-11(18)14(15)20/h4-5,7H,2-3,6,8H2,1H3,(H,21,22). The lowest BCUT2D eigenvalue weighted by molar-refractivity contribution is 0.0921. The molecule has 2 aromatic rings. The van der Waals surface area contributed by atoms with E-state index in [9.17, 15) is 22.4 Å². The molecule has 0 atom stereocenters. The Balaban J connectivity index is 2.03. The summed E-state index contributed by atoms with van der Waals surface area (Å²) in [5.74, 6) is -7.98. The second kappa shape index (κ2) is 7.85. The number of carbonyl (C=O) groups excluding carboxylic acids is 1. The van der Waals surface area contributed by atoms with Gasteiger partial charge in [-0.25, -0.2) is 8.78 Å². The topological polar surface area (TPSA) is 51.5 Å². The number of hydrogen-bond acceptors (Lipinski definition) is 3. The molecule has 1 heterocycles. The van der Waals surface area contributed by atoms with Crippen molar-refractivity contribution < 1.29 is 31.5 Å². The Morgan fingerprint density at radius 1 is 1.17 bits per heavy atom. The summed E-state index contributed by atoms with van der Waals surface area (Å²) < 4.78 is 63.0. The normalized spacial score (nSPS) is 10.7. The molecule has 0 saturated heterocycles. The summed E-state index contributed by atoms with van der Waals surface area (Å²) in [5, 5.41) is 2.63. The van der Waals surface area contributed by atoms with Crippen LogP contribution in [0.5, 0.6) is 5.75 Å². The third-order valence-corrected chi connectivity index (χ3v) is 3.13. The maximum absolute atomic E-state index is 13.5. The Hall–Kier alpha value is -2.51. The number of furan rings is 1. The van der Waals surface area contributed by atoms with E-state index >= 15 is 0 Å². The summed E-state index contributed by atoms with van der Waals surface area (Å²) in [5.41, 5.74) is 0. The van der Waals surface area contributed by atoms with E-state index in [0.29, 0.717) is 6.54 Å². The molecule has 1 aromatic heterocycles. The smallest absolute Gasteiger partial charge is 0.286 e. The van der Waals surface area contributed by atoms with Crippen molar-refractivity contribution in [3.8, 4) is 5.75 Å². The molecule has 0 fully saturated rings. The molecule has 1 amide bonds. The van der Waals surface area contributed by atoms with Gasteiger partial charge < -0.3 is 14.5 Å². The van der Waals surface area contributed by atoms with Crippen molar-refractivity contribution in [1.29, 1.82) is 0 Å². The van der Waals surface area contributed by atoms with Crippen LogP contribution in [0.2, 0.25) is 0 Å². The number of rotatable bonds is 7. The average Bonchev–Trinajstić information content (AvgIpc) is 3.02. The summed E-state index contributed by atoms with van der Waals surface area (Å²) in [6.45, 7) is 1.96. The number of carbonyl (C=O) groups is 1. The first-order chi connectivity index (χ1) is 11.4. The highest BCUT2D eigenvalue weighted by atomic mass is 19.2. The van der Waals surface area contributed by atoms with Crippen LogP contribution in [0.4, 0.5) is 17.6 Å². The van der Waals surface area contributed by atoms with E-state index in [1.165, 1.54) is 12.1 Å². The Morgan fingerprint density at radius 3 is 2.46 bits per heavy atom. The van der Waals surface area contributed by atoms with Gasteiger partial charge in [0.25, 0.3) is 5.91 Å². The molecule has 8 heteroatoms. The van der Waals surface area contributed by atoms with Gasteiger partial charge in [-0.3, -0.25) is 4.79 Å². The highest BCUT2D eigenvalue weighted by Crippen LogP contribution is 2.27. The molecule has 0 bridgehead atoms. The van der Waals surface area contributed by atoms with E-state index in [2.05, 4.69) is 5.32 Å². The first-order valence-electron chi connectivity index (χ1n) is 7.26. The van der Waals surface area contributed by atoms with Crippen LogP contribution in [0.1, 0.15) is 36.1 Å². The van der Waals surface area contributed by atoms with Crippen LogP contribution in [-0.2, 0) is 6.61 Å². The van der Waals surface area contributed by atoms with Gasteiger partial charge in [0.15, 0.2) is 23.1 Å². The van der Waals surface area contributed by atoms with E-state index < -0.39 is 41.5 Å². The van der Waals surface area contributed by atoms with Crippen molar-refractivity contribution in [3.63, 3.8) is 0 Å². The van der Waals surface area contributed by atoms with Gasteiger partial charge in [-0.15, -0.1) is 0 Å². The van der Waals surface area contributed by atoms with E-state index in [0.717, 1.165) is 12.8 Å². The number of benzene rings is 1. The zero-order valence-electron chi connectivity index (χ0n) is 12.8. The molecular weight excluding hydrogens is 330 g/mol. The largest absolute Gasteiger partial charge is 0.479 e. The zero-order valence-corrected chi connectivity index (χ0v) is 12.8. The van der Waals surface area contributed by atoms with Crippen molar-refractivity contribution in [3.05, 3.63) is 53.0 Å². The van der Waals surface area contributed by atoms with Crippen LogP contribution in [0.25, 0.3) is 0 Å². The minimum absolute atomic E-state index is 0.00364. The molecule has 0 unspecified atom stereocenters. The number of unbranched alkanes of at least 4 members (excludes halogenated alkanes) is 1. The third-order valence-electron chi connectivity index (χ3n) is 3.13. The lowest BCUT2D eigenvalue weighted by Crippen LogP contribution is -2.23. The van der Waals surface area contributed by atoms with Crippen LogP contribution in [0, 0.1) is 23.3 Å². The van der Waals surface area contributed by atoms with Crippen LogP contribution >= 0.6 is 0 Å². The maximum Gasteiger partial charge on any atom is 0.286 e. The molecule has 1 N–H and O–H groups in total. The van der Waals surface area contributed by atoms with Crippen LogP contribution in [0.15, 0.2) is 22.6 Å². The molecule has 1 aromatic carbocycles. The third kappa shape index (κ3) is 4.06. The van der Waals surface area contributed by atoms with Crippen molar-refractivity contribution in [2.75, 3.05) is 6.54 Å². The highest BCUT2D eigenvalue weighted by Gasteiger charge is 2.21. The van der Waals surface area contributed by atoms with E-state index in [-0.39, 0.29) is 17.6 Å². The van der Waals surface area contributed by atoms with Crippen molar-refractivity contribution in [2.24, 2.45) is 0 Å². The van der Waals surface area contributed by atoms with Crippen LogP contribution < -0.4 is 10.1 Å². The second-order valence-electron chi connectivity index (χ2n) is 4.96. The number of halogens is 4. The van der Waals surface area contributed by atoms with Gasteiger partial charge in [-0.2, -0.15) is 8.78 Å². The molecule has 24 heavy (non-hydrogen) atoms. The molecule has 130 valence electrons. The highest BCUT2D eigenvalue weighted by molar-refractivity contribution is 5.91. The first kappa shape index (κ1) is 17.8. The molecule has 2 rings (SSSR count). The summed E-state index contributed by atoms with van der Waals surface area (Å²) in [4.78, 5) is 11.7. The van der Waals surface area contributed by atoms with Gasteiger partial charge in [0, 0.05) is 12.6 Å². The summed E-state index contributed by atoms with van der Waals surface area (Å²) in [7, 11) is 0. The lowest BCUT2D eigenvalue weighted by Gasteiger charge is -2.08. The van der Waals surface area contributed by atoms with Crippen molar-refractivity contribution in [2.45, 2.75) is 26.4 Å². The fraction of sp³-hybridized carbons (Fsp3) is 0.312. The van der Waals surface area contributed by atoms with Gasteiger partial charge in [0.2, 0.25) is 11.6 Å². The van der Waals surface area contributed by atoms with Crippen LogP contribution in [-0.4, -0.2) is 12.5 Å². The average molecular weight is 345 g/mol. The van der Waals surface area contributed by atoms with Crippen LogP contribution in [0.3, 0.4) is 0 Å². The van der Waals surface area contributed by atoms with Gasteiger partial charge in [-0.05, 0) is 18.6 Å². The van der Waals surface area contributed by atoms with E-state index in [1.807, 2.05) is 6.92 Å². The minimum atomic E-state index is -1.64. The molecule has 0 spiro atoms. The maximum atomic E-state index is 13.5. The summed E-state index contributed by atoms with van der Waals surface area (Å²) in [6, 6.07) is 2.81. The number of amides is 1. The van der Waals surface area contributed by atoms with Gasteiger partial charge in [-0.1, -0.05) is 13.3 Å². The zero-order chi connectivity index (χ0) is 17.7. The Bertz CT molecular complexity index is 704. The molecule has 0 saturated carbocycles. The first-order valence-corrected chi connectivity index (χ1v) is 7.26. The SMILES string of the molecule is CCCCNC(=O)c1ccc(COc2c(F)c(F)cc(F)c2F)o1. The summed E-state index contributed by atoms with van der Waals surface area (Å²) >= 11 is 0. The quantitative estimate of drug-likeness (QED) is 0.470. The van der Waals surface area contributed by atoms with Gasteiger partial charge >= 0.3 is 0 Å². The van der Waals surface area contributed by atoms with Gasteiger partial charge in [0.1, 0.15) is 12.4 Å².